The van der Waals surface area contributed by atoms with E-state index in [0.29, 0.717) is 0 Å². The number of hydrazone groups is 1. The normalized spacial score (nSPS) is 11.1. The van der Waals surface area contributed by atoms with Crippen molar-refractivity contribution in [2.75, 3.05) is 11.9 Å². The molecule has 2 aromatic carbocycles. The lowest BCUT2D eigenvalue weighted by molar-refractivity contribution is -0.119. The predicted octanol–water partition coefficient (Wildman–Crippen LogP) is 3.73. The molecule has 0 radical (unpaired) electrons. The van der Waals surface area contributed by atoms with E-state index < -0.39 is 0 Å². The van der Waals surface area contributed by atoms with E-state index in [1.54, 1.807) is 0 Å². The molecule has 0 aromatic heterocycles. The SMILES string of the molecule is CCC/C(=N/NC(=O)CNc1ccccc1C)c1ccccc1. The van der Waals surface area contributed by atoms with Gasteiger partial charge in [0.15, 0.2) is 0 Å². The second-order valence-corrected chi connectivity index (χ2v) is 5.38. The second kappa shape index (κ2) is 8.73. The Bertz CT molecular complexity index is 665. The number of rotatable bonds is 7. The Balaban J connectivity index is 1.94. The number of hydrogen-bond acceptors (Lipinski definition) is 3. The summed E-state index contributed by atoms with van der Waals surface area (Å²) < 4.78 is 0. The Hall–Kier alpha value is -2.62. The molecule has 0 atom stereocenters. The van der Waals surface area contributed by atoms with E-state index in [0.717, 1.165) is 35.4 Å². The molecule has 0 bridgehead atoms. The minimum absolute atomic E-state index is 0.155. The van der Waals surface area contributed by atoms with Gasteiger partial charge in [-0.25, -0.2) is 5.43 Å². The number of carbonyl (C=O) groups excluding carboxylic acids is 1. The van der Waals surface area contributed by atoms with Crippen molar-refractivity contribution in [3.05, 3.63) is 65.7 Å². The summed E-state index contributed by atoms with van der Waals surface area (Å²) in [7, 11) is 0. The van der Waals surface area contributed by atoms with Gasteiger partial charge in [-0.15, -0.1) is 0 Å². The molecule has 2 aromatic rings. The Kier molecular flexibility index (Phi) is 6.36. The van der Waals surface area contributed by atoms with E-state index in [9.17, 15) is 4.79 Å². The van der Waals surface area contributed by atoms with Crippen molar-refractivity contribution in [1.29, 1.82) is 0 Å². The van der Waals surface area contributed by atoms with Gasteiger partial charge in [0, 0.05) is 5.69 Å². The van der Waals surface area contributed by atoms with Crippen molar-refractivity contribution in [3.63, 3.8) is 0 Å². The number of amides is 1. The molecule has 4 heteroatoms. The van der Waals surface area contributed by atoms with Crippen LogP contribution in [0.25, 0.3) is 0 Å². The first-order valence-corrected chi connectivity index (χ1v) is 7.91. The Morgan fingerprint density at radius 1 is 1.04 bits per heavy atom. The number of aryl methyl sites for hydroxylation is 1. The number of hydrogen-bond donors (Lipinski definition) is 2. The van der Waals surface area contributed by atoms with Crippen molar-refractivity contribution in [1.82, 2.24) is 5.43 Å². The molecule has 4 nitrogen and oxygen atoms in total. The third kappa shape index (κ3) is 5.25. The summed E-state index contributed by atoms with van der Waals surface area (Å²) in [6, 6.07) is 17.8. The molecule has 0 fully saturated rings. The Morgan fingerprint density at radius 3 is 2.43 bits per heavy atom. The zero-order chi connectivity index (χ0) is 16.5. The summed E-state index contributed by atoms with van der Waals surface area (Å²) in [5, 5.41) is 7.42. The number of anilines is 1. The van der Waals surface area contributed by atoms with Crippen molar-refractivity contribution < 1.29 is 4.79 Å². The highest BCUT2D eigenvalue weighted by molar-refractivity contribution is 6.01. The molecular formula is C19H23N3O. The third-order valence-corrected chi connectivity index (χ3v) is 3.49. The van der Waals surface area contributed by atoms with Crippen LogP contribution in [0.15, 0.2) is 59.7 Å². The number of carbonyl (C=O) groups is 1. The second-order valence-electron chi connectivity index (χ2n) is 5.38. The lowest BCUT2D eigenvalue weighted by atomic mass is 10.1. The first-order valence-electron chi connectivity index (χ1n) is 7.91. The van der Waals surface area contributed by atoms with Crippen LogP contribution in [-0.4, -0.2) is 18.2 Å². The zero-order valence-electron chi connectivity index (χ0n) is 13.7. The van der Waals surface area contributed by atoms with Crippen LogP contribution >= 0.6 is 0 Å². The van der Waals surface area contributed by atoms with Crippen LogP contribution in [0.5, 0.6) is 0 Å². The molecule has 0 unspecified atom stereocenters. The smallest absolute Gasteiger partial charge is 0.259 e. The fourth-order valence-electron chi connectivity index (χ4n) is 2.25. The van der Waals surface area contributed by atoms with Crippen molar-refractivity contribution in [3.8, 4) is 0 Å². The molecule has 1 amide bonds. The van der Waals surface area contributed by atoms with Crippen LogP contribution in [0.2, 0.25) is 0 Å². The Labute approximate surface area is 137 Å². The highest BCUT2D eigenvalue weighted by Gasteiger charge is 2.05. The summed E-state index contributed by atoms with van der Waals surface area (Å²) in [4.78, 5) is 12.0. The van der Waals surface area contributed by atoms with Crippen molar-refractivity contribution in [2.45, 2.75) is 26.7 Å². The van der Waals surface area contributed by atoms with E-state index >= 15 is 0 Å². The largest absolute Gasteiger partial charge is 0.376 e. The maximum Gasteiger partial charge on any atom is 0.259 e. The summed E-state index contributed by atoms with van der Waals surface area (Å²) in [6.45, 7) is 4.30. The first-order chi connectivity index (χ1) is 11.2. The molecule has 0 heterocycles. The summed E-state index contributed by atoms with van der Waals surface area (Å²) in [5.41, 5.74) is 6.66. The van der Waals surface area contributed by atoms with Crippen LogP contribution in [0.4, 0.5) is 5.69 Å². The van der Waals surface area contributed by atoms with Gasteiger partial charge in [-0.1, -0.05) is 61.9 Å². The lowest BCUT2D eigenvalue weighted by Gasteiger charge is -2.09. The maximum atomic E-state index is 12.0. The molecule has 120 valence electrons. The summed E-state index contributed by atoms with van der Waals surface area (Å²) in [5.74, 6) is -0.155. The molecular weight excluding hydrogens is 286 g/mol. The molecule has 23 heavy (non-hydrogen) atoms. The van der Waals surface area contributed by atoms with Gasteiger partial charge >= 0.3 is 0 Å². The monoisotopic (exact) mass is 309 g/mol. The standard InChI is InChI=1S/C19H23N3O/c1-3-9-18(16-11-5-4-6-12-16)21-22-19(23)14-20-17-13-8-7-10-15(17)2/h4-8,10-13,20H,3,9,14H2,1-2H3,(H,22,23)/b21-18-. The Morgan fingerprint density at radius 2 is 1.74 bits per heavy atom. The van der Waals surface area contributed by atoms with Crippen LogP contribution in [0.1, 0.15) is 30.9 Å². The van der Waals surface area contributed by atoms with Crippen molar-refractivity contribution in [2.24, 2.45) is 5.10 Å². The topological polar surface area (TPSA) is 53.5 Å². The van der Waals surface area contributed by atoms with Gasteiger partial charge in [-0.05, 0) is 30.5 Å². The van der Waals surface area contributed by atoms with E-state index in [2.05, 4.69) is 22.8 Å². The van der Waals surface area contributed by atoms with E-state index in [-0.39, 0.29) is 12.5 Å². The van der Waals surface area contributed by atoms with Gasteiger partial charge in [-0.3, -0.25) is 4.79 Å². The maximum absolute atomic E-state index is 12.0. The third-order valence-electron chi connectivity index (χ3n) is 3.49. The number of para-hydroxylation sites is 1. The molecule has 0 spiro atoms. The first kappa shape index (κ1) is 16.7. The van der Waals surface area contributed by atoms with E-state index in [1.807, 2.05) is 61.5 Å². The van der Waals surface area contributed by atoms with Crippen molar-refractivity contribution >= 4 is 17.3 Å². The fourth-order valence-corrected chi connectivity index (χ4v) is 2.25. The highest BCUT2D eigenvalue weighted by atomic mass is 16.2. The molecule has 0 aliphatic heterocycles. The van der Waals surface area contributed by atoms with Gasteiger partial charge in [0.2, 0.25) is 0 Å². The van der Waals surface area contributed by atoms with Crippen LogP contribution < -0.4 is 10.7 Å². The molecule has 0 saturated heterocycles. The van der Waals surface area contributed by atoms with Gasteiger partial charge in [0.1, 0.15) is 0 Å². The predicted molar refractivity (Wildman–Crippen MR) is 95.7 cm³/mol. The van der Waals surface area contributed by atoms with E-state index in [1.165, 1.54) is 0 Å². The van der Waals surface area contributed by atoms with Crippen LogP contribution in [-0.2, 0) is 4.79 Å². The minimum Gasteiger partial charge on any atom is -0.376 e. The molecule has 0 aliphatic carbocycles. The average Bonchev–Trinajstić information content (AvgIpc) is 2.58. The number of nitrogens with one attached hydrogen (secondary N) is 2. The average molecular weight is 309 g/mol. The van der Waals surface area contributed by atoms with Crippen LogP contribution in [0, 0.1) is 6.92 Å². The quantitative estimate of drug-likeness (QED) is 0.605. The highest BCUT2D eigenvalue weighted by Crippen LogP contribution is 2.12. The molecule has 2 rings (SSSR count). The van der Waals surface area contributed by atoms with Gasteiger partial charge < -0.3 is 5.32 Å². The number of nitrogens with zero attached hydrogens (tertiary/aromatic N) is 1. The van der Waals surface area contributed by atoms with Gasteiger partial charge in [-0.2, -0.15) is 5.10 Å². The lowest BCUT2D eigenvalue weighted by Crippen LogP contribution is -2.27. The van der Waals surface area contributed by atoms with E-state index in [4.69, 9.17) is 0 Å². The number of benzene rings is 2. The summed E-state index contributed by atoms with van der Waals surface area (Å²) >= 11 is 0. The van der Waals surface area contributed by atoms with Gasteiger partial charge in [0.25, 0.3) is 5.91 Å². The molecule has 0 aliphatic rings. The summed E-state index contributed by atoms with van der Waals surface area (Å²) in [6.07, 6.45) is 1.81. The molecule has 2 N–H and O–H groups in total. The molecule has 0 saturated carbocycles. The fraction of sp³-hybridized carbons (Fsp3) is 0.263. The van der Waals surface area contributed by atoms with Gasteiger partial charge in [0.05, 0.1) is 12.3 Å². The minimum atomic E-state index is -0.155. The van der Waals surface area contributed by atoms with Crippen LogP contribution in [0.3, 0.4) is 0 Å². The zero-order valence-corrected chi connectivity index (χ0v) is 13.7.